The number of rotatable bonds is 3. The van der Waals surface area contributed by atoms with Crippen LogP contribution in [-0.4, -0.2) is 19.8 Å². The Hall–Kier alpha value is -0.870. The molecule has 0 amide bonds. The molecule has 1 aromatic carbocycles. The number of hydrogen-bond acceptors (Lipinski definition) is 3. The second-order valence-electron chi connectivity index (χ2n) is 4.12. The van der Waals surface area contributed by atoms with Crippen LogP contribution >= 0.6 is 0 Å². The van der Waals surface area contributed by atoms with Crippen LogP contribution < -0.4 is 0 Å². The first kappa shape index (κ1) is 10.6. The highest BCUT2D eigenvalue weighted by Gasteiger charge is 2.53. The molecule has 1 saturated carbocycles. The molecule has 2 rings (SSSR count). The number of benzene rings is 1. The van der Waals surface area contributed by atoms with Crippen molar-refractivity contribution in [1.82, 2.24) is 0 Å². The normalized spacial score (nSPS) is 18.8. The highest BCUT2D eigenvalue weighted by atomic mass is 32.2. The van der Waals surface area contributed by atoms with Gasteiger partial charge in [0.1, 0.15) is 0 Å². The Labute approximate surface area is 89.7 Å². The average Bonchev–Trinajstić information content (AvgIpc) is 2.98. The van der Waals surface area contributed by atoms with Crippen LogP contribution in [0.3, 0.4) is 0 Å². The largest absolute Gasteiger partial charge is 0.392 e. The van der Waals surface area contributed by atoms with Crippen molar-refractivity contribution in [1.29, 1.82) is 0 Å². The summed E-state index contributed by atoms with van der Waals surface area (Å²) in [5, 5.41) is 8.89. The van der Waals surface area contributed by atoms with Crippen molar-refractivity contribution in [2.24, 2.45) is 0 Å². The Morgan fingerprint density at radius 2 is 1.80 bits per heavy atom. The highest BCUT2D eigenvalue weighted by Crippen LogP contribution is 2.52. The zero-order valence-corrected chi connectivity index (χ0v) is 9.42. The maximum absolute atomic E-state index is 11.6. The summed E-state index contributed by atoms with van der Waals surface area (Å²) in [5.41, 5.74) is 1.66. The van der Waals surface area contributed by atoms with Crippen LogP contribution in [0, 0.1) is 0 Å². The van der Waals surface area contributed by atoms with E-state index in [0.717, 1.165) is 11.1 Å². The number of aliphatic hydroxyl groups excluding tert-OH is 1. The minimum Gasteiger partial charge on any atom is -0.392 e. The Balaban J connectivity index is 2.39. The van der Waals surface area contributed by atoms with Crippen molar-refractivity contribution in [3.63, 3.8) is 0 Å². The first-order valence-corrected chi connectivity index (χ1v) is 6.79. The van der Waals surface area contributed by atoms with Crippen LogP contribution in [0.1, 0.15) is 24.0 Å². The van der Waals surface area contributed by atoms with Gasteiger partial charge < -0.3 is 5.11 Å². The van der Waals surface area contributed by atoms with Crippen molar-refractivity contribution in [2.75, 3.05) is 6.26 Å². The van der Waals surface area contributed by atoms with Gasteiger partial charge in [0.25, 0.3) is 0 Å². The predicted octanol–water partition coefficient (Wildman–Crippen LogP) is 1.21. The van der Waals surface area contributed by atoms with Gasteiger partial charge in [-0.3, -0.25) is 0 Å². The van der Waals surface area contributed by atoms with Gasteiger partial charge >= 0.3 is 0 Å². The second kappa shape index (κ2) is 3.32. The summed E-state index contributed by atoms with van der Waals surface area (Å²) < 4.78 is 22.6. The lowest BCUT2D eigenvalue weighted by Crippen LogP contribution is -2.19. The smallest absolute Gasteiger partial charge is 0.157 e. The summed E-state index contributed by atoms with van der Waals surface area (Å²) in [6.07, 6.45) is 2.72. The molecule has 1 aliphatic rings. The molecule has 0 atom stereocenters. The lowest BCUT2D eigenvalue weighted by Gasteiger charge is -2.13. The molecule has 0 spiro atoms. The van der Waals surface area contributed by atoms with E-state index < -0.39 is 14.6 Å². The average molecular weight is 226 g/mol. The van der Waals surface area contributed by atoms with Crippen molar-refractivity contribution < 1.29 is 13.5 Å². The Bertz CT molecular complexity index is 455. The number of hydrogen-bond donors (Lipinski definition) is 1. The fourth-order valence-electron chi connectivity index (χ4n) is 1.90. The lowest BCUT2D eigenvalue weighted by molar-refractivity contribution is 0.282. The molecular weight excluding hydrogens is 212 g/mol. The predicted molar refractivity (Wildman–Crippen MR) is 58.1 cm³/mol. The topological polar surface area (TPSA) is 54.4 Å². The fourth-order valence-corrected chi connectivity index (χ4v) is 3.31. The van der Waals surface area contributed by atoms with Crippen LogP contribution in [-0.2, 0) is 21.2 Å². The molecule has 0 bridgehead atoms. The highest BCUT2D eigenvalue weighted by molar-refractivity contribution is 7.92. The van der Waals surface area contributed by atoms with Gasteiger partial charge in [-0.1, -0.05) is 24.3 Å². The molecule has 0 unspecified atom stereocenters. The third-order valence-electron chi connectivity index (χ3n) is 3.08. The van der Waals surface area contributed by atoms with Crippen LogP contribution in [0.15, 0.2) is 24.3 Å². The second-order valence-corrected chi connectivity index (χ2v) is 6.45. The summed E-state index contributed by atoms with van der Waals surface area (Å²) in [4.78, 5) is 0. The monoisotopic (exact) mass is 226 g/mol. The van der Waals surface area contributed by atoms with E-state index >= 15 is 0 Å². The van der Waals surface area contributed by atoms with Crippen LogP contribution in [0.25, 0.3) is 0 Å². The summed E-state index contributed by atoms with van der Waals surface area (Å²) >= 11 is 0. The van der Waals surface area contributed by atoms with Gasteiger partial charge in [-0.2, -0.15) is 0 Å². The first-order valence-electron chi connectivity index (χ1n) is 4.89. The summed E-state index contributed by atoms with van der Waals surface area (Å²) in [6.45, 7) is -0.00778. The zero-order chi connectivity index (χ0) is 11.1. The van der Waals surface area contributed by atoms with Crippen molar-refractivity contribution in [2.45, 2.75) is 24.2 Å². The van der Waals surface area contributed by atoms with Crippen molar-refractivity contribution >= 4 is 9.84 Å². The minimum absolute atomic E-state index is 0.00778. The SMILES string of the molecule is CS(=O)(=O)C1(c2ccc(CO)cc2)CC1. The standard InChI is InChI=1S/C11H14O3S/c1-15(13,14)11(6-7-11)10-4-2-9(8-12)3-5-10/h2-5,12H,6-8H2,1H3. The third-order valence-corrected chi connectivity index (χ3v) is 5.14. The van der Waals surface area contributed by atoms with E-state index in [1.54, 1.807) is 24.3 Å². The molecule has 0 saturated heterocycles. The molecule has 15 heavy (non-hydrogen) atoms. The molecule has 4 heteroatoms. The van der Waals surface area contributed by atoms with E-state index in [0.29, 0.717) is 12.8 Å². The molecule has 1 N–H and O–H groups in total. The van der Waals surface area contributed by atoms with E-state index in [2.05, 4.69) is 0 Å². The third kappa shape index (κ3) is 1.68. The molecule has 0 aliphatic heterocycles. The molecule has 0 heterocycles. The van der Waals surface area contributed by atoms with Gasteiger partial charge in [0, 0.05) is 6.26 Å². The number of aliphatic hydroxyl groups is 1. The van der Waals surface area contributed by atoms with Gasteiger partial charge in [-0.25, -0.2) is 8.42 Å². The Morgan fingerprint density at radius 3 is 2.13 bits per heavy atom. The lowest BCUT2D eigenvalue weighted by atomic mass is 10.1. The summed E-state index contributed by atoms with van der Waals surface area (Å²) in [7, 11) is -3.03. The van der Waals surface area contributed by atoms with Gasteiger partial charge in [-0.05, 0) is 24.0 Å². The molecule has 0 radical (unpaired) electrons. The van der Waals surface area contributed by atoms with E-state index in [9.17, 15) is 8.42 Å². The van der Waals surface area contributed by atoms with Gasteiger partial charge in [0.2, 0.25) is 0 Å². The fraction of sp³-hybridized carbons (Fsp3) is 0.455. The van der Waals surface area contributed by atoms with Crippen LogP contribution in [0.2, 0.25) is 0 Å². The Morgan fingerprint density at radius 1 is 1.27 bits per heavy atom. The molecule has 0 aromatic heterocycles. The maximum atomic E-state index is 11.6. The zero-order valence-electron chi connectivity index (χ0n) is 8.60. The minimum atomic E-state index is -3.03. The van der Waals surface area contributed by atoms with Gasteiger partial charge in [0.05, 0.1) is 11.4 Å². The Kier molecular flexibility index (Phi) is 2.35. The quantitative estimate of drug-likeness (QED) is 0.843. The molecule has 1 fully saturated rings. The maximum Gasteiger partial charge on any atom is 0.157 e. The molecule has 1 aliphatic carbocycles. The summed E-state index contributed by atoms with van der Waals surface area (Å²) in [5.74, 6) is 0. The molecule has 82 valence electrons. The van der Waals surface area contributed by atoms with Crippen molar-refractivity contribution in [3.8, 4) is 0 Å². The number of sulfone groups is 1. The van der Waals surface area contributed by atoms with Crippen LogP contribution in [0.5, 0.6) is 0 Å². The molecule has 1 aromatic rings. The molecule has 3 nitrogen and oxygen atoms in total. The van der Waals surface area contributed by atoms with Gasteiger partial charge in [0.15, 0.2) is 9.84 Å². The van der Waals surface area contributed by atoms with Gasteiger partial charge in [-0.15, -0.1) is 0 Å². The van der Waals surface area contributed by atoms with Crippen molar-refractivity contribution in [3.05, 3.63) is 35.4 Å². The van der Waals surface area contributed by atoms with Crippen LogP contribution in [0.4, 0.5) is 0 Å². The van der Waals surface area contributed by atoms with E-state index in [1.807, 2.05) is 0 Å². The van der Waals surface area contributed by atoms with E-state index in [4.69, 9.17) is 5.11 Å². The van der Waals surface area contributed by atoms with E-state index in [1.165, 1.54) is 6.26 Å². The first-order chi connectivity index (χ1) is 6.99. The molecular formula is C11H14O3S. The van der Waals surface area contributed by atoms with E-state index in [-0.39, 0.29) is 6.61 Å². The summed E-state index contributed by atoms with van der Waals surface area (Å²) in [6, 6.07) is 7.17.